The van der Waals surface area contributed by atoms with Gasteiger partial charge in [-0.1, -0.05) is 36.4 Å². The maximum absolute atomic E-state index is 5.76. The zero-order valence-electron chi connectivity index (χ0n) is 13.4. The molecule has 0 aliphatic carbocycles. The highest BCUT2D eigenvalue weighted by atomic mass is 31.2. The normalized spacial score (nSPS) is 29.3. The maximum Gasteiger partial charge on any atom is 0.397 e. The highest BCUT2D eigenvalue weighted by molar-refractivity contribution is 7.42. The molecule has 6 nitrogen and oxygen atoms in total. The van der Waals surface area contributed by atoms with E-state index in [1.165, 1.54) is 0 Å². The van der Waals surface area contributed by atoms with Crippen LogP contribution in [0.3, 0.4) is 0 Å². The average Bonchev–Trinajstić information content (AvgIpc) is 2.68. The average molecular weight is 380 g/mol. The van der Waals surface area contributed by atoms with Crippen molar-refractivity contribution in [2.45, 2.75) is 0 Å². The van der Waals surface area contributed by atoms with Crippen LogP contribution in [0, 0.1) is 5.41 Å². The van der Waals surface area contributed by atoms with Crippen molar-refractivity contribution in [2.75, 3.05) is 26.4 Å². The highest BCUT2D eigenvalue weighted by Gasteiger charge is 2.44. The zero-order valence-corrected chi connectivity index (χ0v) is 15.2. The quantitative estimate of drug-likeness (QED) is 0.718. The van der Waals surface area contributed by atoms with Crippen LogP contribution in [-0.4, -0.2) is 26.4 Å². The van der Waals surface area contributed by atoms with Gasteiger partial charge in [-0.15, -0.1) is 0 Å². The van der Waals surface area contributed by atoms with E-state index in [2.05, 4.69) is 0 Å². The molecule has 0 unspecified atom stereocenters. The van der Waals surface area contributed by atoms with Crippen molar-refractivity contribution in [2.24, 2.45) is 5.41 Å². The number of rotatable bonds is 4. The first-order valence-corrected chi connectivity index (χ1v) is 10.1. The first-order valence-electron chi connectivity index (χ1n) is 7.89. The van der Waals surface area contributed by atoms with Crippen molar-refractivity contribution in [1.29, 1.82) is 0 Å². The van der Waals surface area contributed by atoms with E-state index in [0.717, 1.165) is 11.5 Å². The van der Waals surface area contributed by atoms with Gasteiger partial charge in [0.25, 0.3) is 0 Å². The Hall–Kier alpha value is -1.26. The van der Waals surface area contributed by atoms with Crippen LogP contribution < -0.4 is 9.05 Å². The van der Waals surface area contributed by atoms with Crippen molar-refractivity contribution in [3.63, 3.8) is 0 Å². The predicted octanol–water partition coefficient (Wildman–Crippen LogP) is 4.68. The monoisotopic (exact) mass is 380 g/mol. The molecule has 0 saturated carbocycles. The topological polar surface area (TPSA) is 55.4 Å². The first-order chi connectivity index (χ1) is 12.3. The molecule has 1 spiro atoms. The van der Waals surface area contributed by atoms with E-state index in [4.69, 9.17) is 27.1 Å². The summed E-state index contributed by atoms with van der Waals surface area (Å²) in [4.78, 5) is 0. The summed E-state index contributed by atoms with van der Waals surface area (Å²) < 4.78 is 34.4. The molecule has 2 aromatic rings. The number of hydrogen-bond donors (Lipinski definition) is 0. The minimum Gasteiger partial charge on any atom is -0.427 e. The van der Waals surface area contributed by atoms with E-state index in [9.17, 15) is 0 Å². The number of para-hydroxylation sites is 2. The van der Waals surface area contributed by atoms with Crippen molar-refractivity contribution in [1.82, 2.24) is 0 Å². The maximum atomic E-state index is 5.76. The fraction of sp³-hybridized carbons (Fsp3) is 0.294. The molecule has 2 aliphatic heterocycles. The lowest BCUT2D eigenvalue weighted by atomic mass is 9.93. The highest BCUT2D eigenvalue weighted by Crippen LogP contribution is 2.52. The van der Waals surface area contributed by atoms with E-state index in [0.29, 0.717) is 26.4 Å². The molecule has 0 radical (unpaired) electrons. The van der Waals surface area contributed by atoms with Gasteiger partial charge in [0.05, 0.1) is 31.8 Å². The smallest absolute Gasteiger partial charge is 0.397 e. The molecule has 2 aromatic carbocycles. The Labute approximate surface area is 149 Å². The Balaban J connectivity index is 1.25. The SMILES string of the molecule is c1ccc(OP2OCC3(CO2)COP(Oc2ccccc2)OC3)cc1. The molecule has 25 heavy (non-hydrogen) atoms. The van der Waals surface area contributed by atoms with Gasteiger partial charge in [-0.25, -0.2) is 0 Å². The minimum atomic E-state index is -1.39. The summed E-state index contributed by atoms with van der Waals surface area (Å²) in [7, 11) is -2.77. The Morgan fingerprint density at radius 2 is 0.960 bits per heavy atom. The molecule has 2 fully saturated rings. The second-order valence-electron chi connectivity index (χ2n) is 5.85. The molecule has 2 saturated heterocycles. The van der Waals surface area contributed by atoms with Crippen LogP contribution in [0.4, 0.5) is 0 Å². The second kappa shape index (κ2) is 7.96. The largest absolute Gasteiger partial charge is 0.427 e. The molecule has 0 bridgehead atoms. The zero-order chi connectivity index (χ0) is 17.0. The van der Waals surface area contributed by atoms with E-state index in [1.54, 1.807) is 0 Å². The summed E-state index contributed by atoms with van der Waals surface area (Å²) in [5.41, 5.74) is -0.308. The fourth-order valence-corrected chi connectivity index (χ4v) is 4.79. The summed E-state index contributed by atoms with van der Waals surface area (Å²) in [5, 5.41) is 0. The summed E-state index contributed by atoms with van der Waals surface area (Å²) in [6, 6.07) is 19.0. The van der Waals surface area contributed by atoms with Crippen LogP contribution in [0.5, 0.6) is 11.5 Å². The molecule has 2 heterocycles. The summed E-state index contributed by atoms with van der Waals surface area (Å²) in [6.45, 7) is 1.89. The van der Waals surface area contributed by atoms with E-state index >= 15 is 0 Å². The van der Waals surface area contributed by atoms with Gasteiger partial charge in [0.2, 0.25) is 0 Å². The lowest BCUT2D eigenvalue weighted by molar-refractivity contribution is -0.0672. The van der Waals surface area contributed by atoms with Gasteiger partial charge in [0.1, 0.15) is 11.5 Å². The van der Waals surface area contributed by atoms with Crippen molar-refractivity contribution in [3.05, 3.63) is 60.7 Å². The Bertz CT molecular complexity index is 592. The van der Waals surface area contributed by atoms with Gasteiger partial charge in [0.15, 0.2) is 0 Å². The summed E-state index contributed by atoms with van der Waals surface area (Å²) >= 11 is 0. The third-order valence-corrected chi connectivity index (χ3v) is 5.83. The van der Waals surface area contributed by atoms with E-state index in [-0.39, 0.29) is 5.41 Å². The molecule has 2 aliphatic rings. The summed E-state index contributed by atoms with van der Waals surface area (Å²) in [5.74, 6) is 1.47. The predicted molar refractivity (Wildman–Crippen MR) is 94.2 cm³/mol. The van der Waals surface area contributed by atoms with Crippen molar-refractivity contribution >= 4 is 17.2 Å². The molecular formula is C17H18O6P2. The Morgan fingerprint density at radius 1 is 0.600 bits per heavy atom. The van der Waals surface area contributed by atoms with Crippen LogP contribution in [-0.2, 0) is 18.1 Å². The van der Waals surface area contributed by atoms with Gasteiger partial charge < -0.3 is 27.1 Å². The molecule has 0 aromatic heterocycles. The minimum absolute atomic E-state index is 0.308. The van der Waals surface area contributed by atoms with Crippen LogP contribution in [0.25, 0.3) is 0 Å². The summed E-state index contributed by atoms with van der Waals surface area (Å²) in [6.07, 6.45) is 0. The molecule has 0 N–H and O–H groups in total. The first kappa shape index (κ1) is 17.2. The fourth-order valence-electron chi connectivity index (χ4n) is 2.32. The van der Waals surface area contributed by atoms with Crippen LogP contribution >= 0.6 is 17.2 Å². The lowest BCUT2D eigenvalue weighted by Gasteiger charge is -2.41. The molecule has 8 heteroatoms. The van der Waals surface area contributed by atoms with Gasteiger partial charge in [-0.3, -0.25) is 0 Å². The lowest BCUT2D eigenvalue weighted by Crippen LogP contribution is -2.45. The van der Waals surface area contributed by atoms with E-state index in [1.807, 2.05) is 60.7 Å². The Morgan fingerprint density at radius 3 is 1.32 bits per heavy atom. The number of hydrogen-bond acceptors (Lipinski definition) is 6. The Kier molecular flexibility index (Phi) is 5.47. The van der Waals surface area contributed by atoms with Crippen LogP contribution in [0.2, 0.25) is 0 Å². The van der Waals surface area contributed by atoms with Gasteiger partial charge in [0, 0.05) is 0 Å². The molecule has 132 valence electrons. The van der Waals surface area contributed by atoms with Gasteiger partial charge in [-0.05, 0) is 24.3 Å². The third-order valence-electron chi connectivity index (χ3n) is 3.75. The standard InChI is InChI=1S/C17H18O6P2/c1-3-7-15(8-4-1)22-24-18-11-17(12-19-24)13-20-25(21-14-17)23-16-9-5-2-6-10-16/h1-10H,11-14H2. The number of benzene rings is 2. The molecular weight excluding hydrogens is 362 g/mol. The van der Waals surface area contributed by atoms with Gasteiger partial charge >= 0.3 is 17.2 Å². The van der Waals surface area contributed by atoms with Crippen LogP contribution in [0.1, 0.15) is 0 Å². The molecule has 0 atom stereocenters. The second-order valence-corrected chi connectivity index (χ2v) is 8.14. The van der Waals surface area contributed by atoms with Crippen LogP contribution in [0.15, 0.2) is 60.7 Å². The molecule has 0 amide bonds. The van der Waals surface area contributed by atoms with Crippen molar-refractivity contribution < 1.29 is 27.1 Å². The van der Waals surface area contributed by atoms with Gasteiger partial charge in [-0.2, -0.15) is 0 Å². The van der Waals surface area contributed by atoms with E-state index < -0.39 is 17.2 Å². The molecule has 4 rings (SSSR count). The third kappa shape index (κ3) is 4.48. The van der Waals surface area contributed by atoms with Crippen molar-refractivity contribution in [3.8, 4) is 11.5 Å².